The highest BCUT2D eigenvalue weighted by Gasteiger charge is 2.39. The maximum absolute atomic E-state index is 10.6. The number of carbonyl (C=O) groups excluding carboxylic acids is 1. The van der Waals surface area contributed by atoms with Gasteiger partial charge in [-0.05, 0) is 6.92 Å². The molecule has 1 aliphatic rings. The molecule has 0 saturated heterocycles. The third kappa shape index (κ3) is 2.81. The molecule has 0 aromatic carbocycles. The molecule has 0 spiro atoms. The zero-order valence-corrected chi connectivity index (χ0v) is 7.44. The lowest BCUT2D eigenvalue weighted by atomic mass is 10.1. The Balaban J connectivity index is 2.47. The molecule has 0 bridgehead atoms. The molecular formula is C7H11N3O3. The average Bonchev–Trinajstić information content (AvgIpc) is 2.65. The summed E-state index contributed by atoms with van der Waals surface area (Å²) in [5.41, 5.74) is -0.606. The van der Waals surface area contributed by atoms with Gasteiger partial charge in [-0.2, -0.15) is 10.2 Å². The number of carboxylic acids is 1. The number of aliphatic carboxylic acids is 1. The first kappa shape index (κ1) is 9.63. The standard InChI is InChI=1S/C7H11N3O3/c1-4(11)8-5(6(12)13)3-7(2)9-10-7/h5H,3H2,1-2H3,(H,8,11)(H,12,13). The highest BCUT2D eigenvalue weighted by molar-refractivity contribution is 5.82. The molecule has 2 N–H and O–H groups in total. The number of rotatable bonds is 4. The molecule has 1 unspecified atom stereocenters. The molecule has 0 radical (unpaired) electrons. The van der Waals surface area contributed by atoms with Crippen molar-refractivity contribution in [1.29, 1.82) is 0 Å². The molecule has 13 heavy (non-hydrogen) atoms. The molecule has 0 aromatic heterocycles. The van der Waals surface area contributed by atoms with Gasteiger partial charge in [0.15, 0.2) is 5.66 Å². The predicted molar refractivity (Wildman–Crippen MR) is 43.1 cm³/mol. The third-order valence-corrected chi connectivity index (χ3v) is 1.71. The van der Waals surface area contributed by atoms with Crippen LogP contribution in [0.25, 0.3) is 0 Å². The molecule has 6 nitrogen and oxygen atoms in total. The van der Waals surface area contributed by atoms with Crippen LogP contribution >= 0.6 is 0 Å². The van der Waals surface area contributed by atoms with Crippen LogP contribution in [-0.4, -0.2) is 28.7 Å². The van der Waals surface area contributed by atoms with Crippen molar-refractivity contribution in [2.24, 2.45) is 10.2 Å². The lowest BCUT2D eigenvalue weighted by molar-refractivity contribution is -0.141. The van der Waals surface area contributed by atoms with Crippen LogP contribution in [0, 0.1) is 0 Å². The van der Waals surface area contributed by atoms with Crippen LogP contribution in [0.1, 0.15) is 20.3 Å². The van der Waals surface area contributed by atoms with E-state index >= 15 is 0 Å². The van der Waals surface area contributed by atoms with Gasteiger partial charge in [-0.25, -0.2) is 4.79 Å². The lowest BCUT2D eigenvalue weighted by Crippen LogP contribution is -2.42. The second kappa shape index (κ2) is 3.12. The first-order valence-electron chi connectivity index (χ1n) is 3.87. The molecule has 0 saturated carbocycles. The van der Waals surface area contributed by atoms with Gasteiger partial charge < -0.3 is 10.4 Å². The van der Waals surface area contributed by atoms with Crippen LogP contribution < -0.4 is 5.32 Å². The van der Waals surface area contributed by atoms with E-state index in [-0.39, 0.29) is 12.3 Å². The van der Waals surface area contributed by atoms with Crippen LogP contribution in [0.4, 0.5) is 0 Å². The van der Waals surface area contributed by atoms with E-state index < -0.39 is 17.7 Å². The fraction of sp³-hybridized carbons (Fsp3) is 0.714. The van der Waals surface area contributed by atoms with Crippen molar-refractivity contribution >= 4 is 11.9 Å². The molecule has 6 heteroatoms. The predicted octanol–water partition coefficient (Wildman–Crippen LogP) is 0.148. The lowest BCUT2D eigenvalue weighted by Gasteiger charge is -2.14. The van der Waals surface area contributed by atoms with Crippen LogP contribution in [0.3, 0.4) is 0 Å². The topological polar surface area (TPSA) is 91.1 Å². The van der Waals surface area contributed by atoms with Crippen molar-refractivity contribution in [2.45, 2.75) is 32.0 Å². The minimum Gasteiger partial charge on any atom is -0.480 e. The summed E-state index contributed by atoms with van der Waals surface area (Å²) in [5.74, 6) is -1.43. The molecule has 0 aromatic rings. The van der Waals surface area contributed by atoms with E-state index in [1.165, 1.54) is 6.92 Å². The molecular weight excluding hydrogens is 174 g/mol. The molecule has 0 aliphatic carbocycles. The summed E-state index contributed by atoms with van der Waals surface area (Å²) < 4.78 is 0. The van der Waals surface area contributed by atoms with Crippen molar-refractivity contribution in [3.05, 3.63) is 0 Å². The Morgan fingerprint density at radius 1 is 1.54 bits per heavy atom. The van der Waals surface area contributed by atoms with Crippen LogP contribution in [0.2, 0.25) is 0 Å². The summed E-state index contributed by atoms with van der Waals surface area (Å²) in [6, 6.07) is -0.905. The second-order valence-electron chi connectivity index (χ2n) is 3.21. The summed E-state index contributed by atoms with van der Waals surface area (Å²) in [4.78, 5) is 21.3. The zero-order chi connectivity index (χ0) is 10.1. The quantitative estimate of drug-likeness (QED) is 0.652. The Bertz CT molecular complexity index is 268. The third-order valence-electron chi connectivity index (χ3n) is 1.71. The summed E-state index contributed by atoms with van der Waals surface area (Å²) in [6.07, 6.45) is 0.210. The van der Waals surface area contributed by atoms with Gasteiger partial charge in [0, 0.05) is 13.3 Å². The van der Waals surface area contributed by atoms with Crippen molar-refractivity contribution in [3.8, 4) is 0 Å². The van der Waals surface area contributed by atoms with Crippen molar-refractivity contribution in [2.75, 3.05) is 0 Å². The zero-order valence-electron chi connectivity index (χ0n) is 7.44. The number of nitrogens with zero attached hydrogens (tertiary/aromatic N) is 2. The normalized spacial score (nSPS) is 19.2. The SMILES string of the molecule is CC(=O)NC(CC1(C)N=N1)C(=O)O. The van der Waals surface area contributed by atoms with Gasteiger partial charge in [0.2, 0.25) is 5.91 Å². The van der Waals surface area contributed by atoms with Gasteiger partial charge >= 0.3 is 5.97 Å². The van der Waals surface area contributed by atoms with Crippen LogP contribution in [-0.2, 0) is 9.59 Å². The van der Waals surface area contributed by atoms with Crippen LogP contribution in [0.15, 0.2) is 10.2 Å². The van der Waals surface area contributed by atoms with Crippen molar-refractivity contribution in [1.82, 2.24) is 5.32 Å². The number of carbonyl (C=O) groups is 2. The molecule has 1 amide bonds. The first-order chi connectivity index (χ1) is 5.93. The van der Waals surface area contributed by atoms with E-state index in [0.29, 0.717) is 0 Å². The van der Waals surface area contributed by atoms with Gasteiger partial charge in [0.25, 0.3) is 0 Å². The molecule has 1 atom stereocenters. The average molecular weight is 185 g/mol. The first-order valence-corrected chi connectivity index (χ1v) is 3.87. The molecule has 1 heterocycles. The van der Waals surface area contributed by atoms with E-state index in [0.717, 1.165) is 0 Å². The highest BCUT2D eigenvalue weighted by atomic mass is 16.4. The number of hydrogen-bond donors (Lipinski definition) is 2. The number of amides is 1. The summed E-state index contributed by atoms with van der Waals surface area (Å²) in [7, 11) is 0. The maximum atomic E-state index is 10.6. The molecule has 72 valence electrons. The fourth-order valence-corrected chi connectivity index (χ4v) is 0.999. The van der Waals surface area contributed by atoms with Crippen LogP contribution in [0.5, 0.6) is 0 Å². The maximum Gasteiger partial charge on any atom is 0.326 e. The fourth-order valence-electron chi connectivity index (χ4n) is 0.999. The molecule has 0 fully saturated rings. The van der Waals surface area contributed by atoms with E-state index in [2.05, 4.69) is 15.5 Å². The Hall–Kier alpha value is -1.46. The summed E-state index contributed by atoms with van der Waals surface area (Å²) in [5, 5.41) is 18.4. The summed E-state index contributed by atoms with van der Waals surface area (Å²) >= 11 is 0. The van der Waals surface area contributed by atoms with Gasteiger partial charge in [-0.15, -0.1) is 0 Å². The smallest absolute Gasteiger partial charge is 0.326 e. The minimum atomic E-state index is -1.06. The minimum absolute atomic E-state index is 0.210. The van der Waals surface area contributed by atoms with Crippen molar-refractivity contribution in [3.63, 3.8) is 0 Å². The van der Waals surface area contributed by atoms with E-state index in [4.69, 9.17) is 5.11 Å². The van der Waals surface area contributed by atoms with E-state index in [9.17, 15) is 9.59 Å². The number of carboxylic acid groups (broad SMARTS) is 1. The number of nitrogens with one attached hydrogen (secondary N) is 1. The van der Waals surface area contributed by atoms with Crippen molar-refractivity contribution < 1.29 is 14.7 Å². The Kier molecular flexibility index (Phi) is 2.31. The van der Waals surface area contributed by atoms with E-state index in [1.807, 2.05) is 0 Å². The Morgan fingerprint density at radius 2 is 2.08 bits per heavy atom. The Labute approximate surface area is 75.0 Å². The Morgan fingerprint density at radius 3 is 2.38 bits per heavy atom. The second-order valence-corrected chi connectivity index (χ2v) is 3.21. The van der Waals surface area contributed by atoms with E-state index in [1.54, 1.807) is 6.92 Å². The van der Waals surface area contributed by atoms with Gasteiger partial charge in [0.1, 0.15) is 6.04 Å². The summed E-state index contributed by atoms with van der Waals surface area (Å²) in [6.45, 7) is 2.99. The monoisotopic (exact) mass is 185 g/mol. The molecule has 1 aliphatic heterocycles. The van der Waals surface area contributed by atoms with Gasteiger partial charge in [0.05, 0.1) is 0 Å². The number of hydrogen-bond acceptors (Lipinski definition) is 4. The molecule has 1 rings (SSSR count). The largest absolute Gasteiger partial charge is 0.480 e. The highest BCUT2D eigenvalue weighted by Crippen LogP contribution is 2.31. The van der Waals surface area contributed by atoms with Gasteiger partial charge in [-0.3, -0.25) is 4.79 Å². The van der Waals surface area contributed by atoms with Gasteiger partial charge in [-0.1, -0.05) is 0 Å².